The fourth-order valence-corrected chi connectivity index (χ4v) is 2.38. The van der Waals surface area contributed by atoms with Crippen molar-refractivity contribution in [3.8, 4) is 0 Å². The number of amidine groups is 1. The number of unbranched alkanes of at least 4 members (excludes halogenated alkanes) is 1. The maximum absolute atomic E-state index is 6.23. The molecule has 0 saturated carbocycles. The molecule has 14 heavy (non-hydrogen) atoms. The van der Waals surface area contributed by atoms with Crippen LogP contribution in [0.3, 0.4) is 0 Å². The van der Waals surface area contributed by atoms with Crippen molar-refractivity contribution in [2.75, 3.05) is 5.75 Å². The van der Waals surface area contributed by atoms with Gasteiger partial charge in [0.2, 0.25) is 0 Å². The lowest BCUT2D eigenvalue weighted by atomic mass is 10.4. The molecule has 4 nitrogen and oxygen atoms in total. The summed E-state index contributed by atoms with van der Waals surface area (Å²) in [5.74, 6) is 1.29. The Kier molecular flexibility index (Phi) is 4.22. The smallest absolute Gasteiger partial charge is 0.192 e. The molecule has 0 bridgehead atoms. The van der Waals surface area contributed by atoms with Crippen LogP contribution in [0.5, 0.6) is 0 Å². The van der Waals surface area contributed by atoms with Crippen LogP contribution < -0.4 is 11.5 Å². The second kappa shape index (κ2) is 5.00. The van der Waals surface area contributed by atoms with Crippen LogP contribution in [-0.4, -0.2) is 28.3 Å². The Bertz CT molecular complexity index is 256. The van der Waals surface area contributed by atoms with Gasteiger partial charge in [-0.2, -0.15) is 0 Å². The highest BCUT2D eigenvalue weighted by Crippen LogP contribution is 2.31. The van der Waals surface area contributed by atoms with Crippen molar-refractivity contribution in [1.82, 2.24) is 0 Å². The van der Waals surface area contributed by atoms with E-state index in [0.717, 1.165) is 18.6 Å². The van der Waals surface area contributed by atoms with Crippen molar-refractivity contribution >= 4 is 35.4 Å². The Hall–Kier alpha value is -0.260. The molecular formula is C8H15ClN4S. The van der Waals surface area contributed by atoms with Crippen molar-refractivity contribution in [2.45, 2.75) is 30.3 Å². The van der Waals surface area contributed by atoms with E-state index in [2.05, 4.69) is 16.9 Å². The number of nitrogens with two attached hydrogens (primary N) is 2. The Morgan fingerprint density at radius 3 is 3.00 bits per heavy atom. The third kappa shape index (κ3) is 2.87. The maximum Gasteiger partial charge on any atom is 0.192 e. The molecule has 1 aliphatic rings. The van der Waals surface area contributed by atoms with Crippen molar-refractivity contribution in [1.29, 1.82) is 0 Å². The number of rotatable bonds is 4. The number of nitrogens with zero attached hydrogens (tertiary/aromatic N) is 2. The summed E-state index contributed by atoms with van der Waals surface area (Å²) in [5, 5.41) is 0. The molecular weight excluding hydrogens is 220 g/mol. The van der Waals surface area contributed by atoms with Crippen LogP contribution in [0.25, 0.3) is 0 Å². The lowest BCUT2D eigenvalue weighted by Crippen LogP contribution is -2.43. The van der Waals surface area contributed by atoms with E-state index in [1.54, 1.807) is 6.21 Å². The Morgan fingerprint density at radius 2 is 2.43 bits per heavy atom. The average molecular weight is 235 g/mol. The zero-order chi connectivity index (χ0) is 10.6. The summed E-state index contributed by atoms with van der Waals surface area (Å²) < 4.78 is -0.787. The summed E-state index contributed by atoms with van der Waals surface area (Å²) in [6.45, 7) is 2.13. The van der Waals surface area contributed by atoms with E-state index in [4.69, 9.17) is 23.1 Å². The van der Waals surface area contributed by atoms with Crippen molar-refractivity contribution in [2.24, 2.45) is 21.5 Å². The van der Waals surface area contributed by atoms with E-state index in [0.29, 0.717) is 5.84 Å². The number of aliphatic imine (C=N–C) groups is 2. The number of halogens is 1. The summed E-state index contributed by atoms with van der Waals surface area (Å²) in [4.78, 5) is 7.88. The molecule has 0 aliphatic carbocycles. The van der Waals surface area contributed by atoms with Gasteiger partial charge in [-0.25, -0.2) is 4.99 Å². The quantitative estimate of drug-likeness (QED) is 0.566. The SMILES string of the molecule is CCCCSC1(Cl)C=NC(N)N=C1N. The van der Waals surface area contributed by atoms with Gasteiger partial charge in [0, 0.05) is 6.21 Å². The zero-order valence-corrected chi connectivity index (χ0v) is 9.68. The summed E-state index contributed by atoms with van der Waals surface area (Å²) >= 11 is 7.77. The average Bonchev–Trinajstić information content (AvgIpc) is 2.13. The Balaban J connectivity index is 2.56. The summed E-state index contributed by atoms with van der Waals surface area (Å²) in [7, 11) is 0. The van der Waals surface area contributed by atoms with Gasteiger partial charge in [-0.15, -0.1) is 11.8 Å². The molecule has 0 aromatic heterocycles. The van der Waals surface area contributed by atoms with E-state index in [9.17, 15) is 0 Å². The van der Waals surface area contributed by atoms with E-state index < -0.39 is 10.5 Å². The van der Waals surface area contributed by atoms with Crippen LogP contribution in [0.2, 0.25) is 0 Å². The first kappa shape index (κ1) is 11.8. The van der Waals surface area contributed by atoms with Crippen LogP contribution in [-0.2, 0) is 0 Å². The first-order chi connectivity index (χ1) is 6.58. The van der Waals surface area contributed by atoms with Gasteiger partial charge in [-0.05, 0) is 12.2 Å². The fraction of sp³-hybridized carbons (Fsp3) is 0.750. The number of alkyl halides is 1. The summed E-state index contributed by atoms with van der Waals surface area (Å²) in [6.07, 6.45) is 3.23. The molecule has 0 fully saturated rings. The van der Waals surface area contributed by atoms with Crippen LogP contribution in [0.1, 0.15) is 19.8 Å². The molecule has 0 spiro atoms. The molecule has 0 aromatic rings. The van der Waals surface area contributed by atoms with Gasteiger partial charge >= 0.3 is 0 Å². The highest BCUT2D eigenvalue weighted by Gasteiger charge is 2.33. The van der Waals surface area contributed by atoms with Gasteiger partial charge in [-0.3, -0.25) is 10.7 Å². The standard InChI is InChI=1S/C8H15ClN4S/c1-2-3-4-14-8(9)5-12-7(11)13-6(8)10/h5,7H,2-4,11H2,1H3,(H2,10,13). The number of hydrogen-bond acceptors (Lipinski definition) is 5. The molecule has 80 valence electrons. The van der Waals surface area contributed by atoms with E-state index in [1.165, 1.54) is 11.8 Å². The first-order valence-electron chi connectivity index (χ1n) is 4.55. The van der Waals surface area contributed by atoms with Gasteiger partial charge in [0.1, 0.15) is 5.84 Å². The van der Waals surface area contributed by atoms with E-state index in [-0.39, 0.29) is 0 Å². The molecule has 2 atom stereocenters. The minimum atomic E-state index is -0.787. The first-order valence-corrected chi connectivity index (χ1v) is 5.91. The molecule has 1 rings (SSSR count). The third-order valence-corrected chi connectivity index (χ3v) is 3.67. The van der Waals surface area contributed by atoms with Gasteiger partial charge in [0.25, 0.3) is 0 Å². The second-order valence-electron chi connectivity index (χ2n) is 3.05. The van der Waals surface area contributed by atoms with E-state index >= 15 is 0 Å². The summed E-state index contributed by atoms with van der Waals surface area (Å²) in [5.41, 5.74) is 11.2. The van der Waals surface area contributed by atoms with Crippen LogP contribution in [0.15, 0.2) is 9.98 Å². The van der Waals surface area contributed by atoms with E-state index in [1.807, 2.05) is 0 Å². The van der Waals surface area contributed by atoms with Crippen molar-refractivity contribution in [3.63, 3.8) is 0 Å². The topological polar surface area (TPSA) is 76.8 Å². The van der Waals surface area contributed by atoms with Crippen LogP contribution >= 0.6 is 23.4 Å². The molecule has 0 aromatic carbocycles. The zero-order valence-electron chi connectivity index (χ0n) is 8.11. The lowest BCUT2D eigenvalue weighted by molar-refractivity contribution is 0.742. The Labute approximate surface area is 93.2 Å². The van der Waals surface area contributed by atoms with Crippen LogP contribution in [0, 0.1) is 0 Å². The van der Waals surface area contributed by atoms with Crippen molar-refractivity contribution < 1.29 is 0 Å². The largest absolute Gasteiger partial charge is 0.385 e. The molecule has 2 unspecified atom stereocenters. The molecule has 6 heteroatoms. The molecule has 0 saturated heterocycles. The predicted octanol–water partition coefficient (Wildman–Crippen LogP) is 1.14. The normalized spacial score (nSPS) is 31.6. The molecule has 0 amide bonds. The van der Waals surface area contributed by atoms with Gasteiger partial charge in [0.15, 0.2) is 10.5 Å². The third-order valence-electron chi connectivity index (χ3n) is 1.82. The molecule has 0 radical (unpaired) electrons. The highest BCUT2D eigenvalue weighted by atomic mass is 35.5. The monoisotopic (exact) mass is 234 g/mol. The molecule has 1 aliphatic heterocycles. The van der Waals surface area contributed by atoms with Gasteiger partial charge in [-0.1, -0.05) is 24.9 Å². The minimum absolute atomic E-state index is 0.350. The molecule has 4 N–H and O–H groups in total. The summed E-state index contributed by atoms with van der Waals surface area (Å²) in [6, 6.07) is 0. The lowest BCUT2D eigenvalue weighted by Gasteiger charge is -2.25. The predicted molar refractivity (Wildman–Crippen MR) is 64.0 cm³/mol. The number of thioether (sulfide) groups is 1. The van der Waals surface area contributed by atoms with Crippen LogP contribution in [0.4, 0.5) is 0 Å². The fourth-order valence-electron chi connectivity index (χ4n) is 0.978. The highest BCUT2D eigenvalue weighted by molar-refractivity contribution is 8.03. The van der Waals surface area contributed by atoms with Gasteiger partial charge < -0.3 is 5.73 Å². The molecule has 1 heterocycles. The van der Waals surface area contributed by atoms with Crippen molar-refractivity contribution in [3.05, 3.63) is 0 Å². The van der Waals surface area contributed by atoms with Gasteiger partial charge in [0.05, 0.1) is 0 Å². The number of hydrogen-bond donors (Lipinski definition) is 2. The maximum atomic E-state index is 6.23. The second-order valence-corrected chi connectivity index (χ2v) is 5.21. The Morgan fingerprint density at radius 1 is 1.71 bits per heavy atom. The minimum Gasteiger partial charge on any atom is -0.385 e.